The van der Waals surface area contributed by atoms with Gasteiger partial charge in [-0.15, -0.1) is 0 Å². The first-order valence-electron chi connectivity index (χ1n) is 11.9. The number of nitrogens with one attached hydrogen (secondary N) is 1. The first kappa shape index (κ1) is 21.6. The Bertz CT molecular complexity index is 922. The highest BCUT2D eigenvalue weighted by atomic mass is 16.3. The van der Waals surface area contributed by atoms with E-state index in [0.29, 0.717) is 5.92 Å². The van der Waals surface area contributed by atoms with Crippen molar-refractivity contribution >= 4 is 10.9 Å². The number of rotatable bonds is 6. The lowest BCUT2D eigenvalue weighted by atomic mass is 9.49. The minimum Gasteiger partial charge on any atom is -0.393 e. The molecular weight excluding hydrogens is 366 g/mol. The van der Waals surface area contributed by atoms with E-state index in [-0.39, 0.29) is 22.3 Å². The first-order chi connectivity index (χ1) is 14.2. The predicted octanol–water partition coefficient (Wildman–Crippen LogP) is 7.24. The molecule has 1 heterocycles. The fourth-order valence-electron chi connectivity index (χ4n) is 6.95. The van der Waals surface area contributed by atoms with Crippen LogP contribution in [0, 0.1) is 28.6 Å². The fraction of sp³-hybridized carbons (Fsp3) is 0.607. The van der Waals surface area contributed by atoms with Crippen molar-refractivity contribution < 1.29 is 5.11 Å². The van der Waals surface area contributed by atoms with Crippen molar-refractivity contribution in [3.8, 4) is 0 Å². The Labute approximate surface area is 183 Å². The molecule has 2 aliphatic rings. The van der Waals surface area contributed by atoms with Gasteiger partial charge in [-0.2, -0.15) is 0 Å². The molecule has 2 aromatic rings. The van der Waals surface area contributed by atoms with Crippen molar-refractivity contribution in [1.82, 2.24) is 4.98 Å². The molecule has 2 fully saturated rings. The van der Waals surface area contributed by atoms with Gasteiger partial charge in [0.25, 0.3) is 0 Å². The summed E-state index contributed by atoms with van der Waals surface area (Å²) >= 11 is 0. The zero-order valence-electron chi connectivity index (χ0n) is 19.6. The van der Waals surface area contributed by atoms with Crippen LogP contribution >= 0.6 is 0 Å². The molecule has 0 bridgehead atoms. The maximum Gasteiger partial charge on any atom is 0.115 e. The third-order valence-corrected chi connectivity index (χ3v) is 9.20. The van der Waals surface area contributed by atoms with E-state index in [0.717, 1.165) is 32.1 Å². The molecule has 0 amide bonds. The highest BCUT2D eigenvalue weighted by Crippen LogP contribution is 2.68. The van der Waals surface area contributed by atoms with E-state index in [1.165, 1.54) is 34.9 Å². The Hall–Kier alpha value is -1.67. The maximum atomic E-state index is 11.1. The van der Waals surface area contributed by atoms with Crippen LogP contribution in [0.3, 0.4) is 0 Å². The lowest BCUT2D eigenvalue weighted by Crippen LogP contribution is -2.53. The molecule has 2 saturated carbocycles. The van der Waals surface area contributed by atoms with Crippen LogP contribution in [0.15, 0.2) is 42.1 Å². The summed E-state index contributed by atoms with van der Waals surface area (Å²) in [5.41, 5.74) is 4.52. The van der Waals surface area contributed by atoms with Crippen molar-refractivity contribution in [3.05, 3.63) is 54.1 Å². The second-order valence-electron chi connectivity index (χ2n) is 11.1. The van der Waals surface area contributed by atoms with Crippen LogP contribution in [0.25, 0.3) is 10.9 Å². The van der Waals surface area contributed by atoms with E-state index in [1.54, 1.807) is 0 Å². The molecular formula is C28H40NO+. The van der Waals surface area contributed by atoms with E-state index >= 15 is 0 Å². The van der Waals surface area contributed by atoms with E-state index in [1.807, 2.05) is 0 Å². The summed E-state index contributed by atoms with van der Waals surface area (Å²) in [6.45, 7) is 11.8. The normalized spacial score (nSPS) is 35.9. The third-order valence-electron chi connectivity index (χ3n) is 9.20. The number of H-pyrrole nitrogens is 1. The van der Waals surface area contributed by atoms with E-state index in [2.05, 4.69) is 82.6 Å². The van der Waals surface area contributed by atoms with E-state index in [4.69, 9.17) is 0 Å². The van der Waals surface area contributed by atoms with Crippen molar-refractivity contribution in [3.63, 3.8) is 0 Å². The molecule has 2 N–H and O–H groups in total. The molecule has 0 spiro atoms. The number of allylic oxidation sites excluding steroid dienone is 2. The Balaban J connectivity index is 1.55. The molecule has 2 heteroatoms. The number of aliphatic hydroxyl groups is 1. The van der Waals surface area contributed by atoms with Crippen LogP contribution in [0.5, 0.6) is 0 Å². The summed E-state index contributed by atoms with van der Waals surface area (Å²) in [5, 5.41) is 12.4. The van der Waals surface area contributed by atoms with Gasteiger partial charge in [0.1, 0.15) is 11.8 Å². The van der Waals surface area contributed by atoms with Gasteiger partial charge in [-0.05, 0) is 76.7 Å². The third kappa shape index (κ3) is 3.42. The summed E-state index contributed by atoms with van der Waals surface area (Å²) in [7, 11) is 0. The van der Waals surface area contributed by atoms with Gasteiger partial charge in [-0.1, -0.05) is 43.7 Å². The van der Waals surface area contributed by atoms with Crippen LogP contribution in [0.2, 0.25) is 0 Å². The quantitative estimate of drug-likeness (QED) is 0.385. The molecule has 30 heavy (non-hydrogen) atoms. The zero-order chi connectivity index (χ0) is 21.6. The molecule has 1 aromatic carbocycles. The average Bonchev–Trinajstić information content (AvgIpc) is 3.23. The Morgan fingerprint density at radius 3 is 2.70 bits per heavy atom. The van der Waals surface area contributed by atoms with Gasteiger partial charge in [0, 0.05) is 28.1 Å². The number of para-hydroxylation sites is 1. The monoisotopic (exact) mass is 406 g/mol. The number of hydrogen-bond donors (Lipinski definition) is 2. The summed E-state index contributed by atoms with van der Waals surface area (Å²) in [5.74, 6) is 0.587. The van der Waals surface area contributed by atoms with E-state index in [9.17, 15) is 5.11 Å². The van der Waals surface area contributed by atoms with Gasteiger partial charge < -0.3 is 10.1 Å². The molecule has 0 aliphatic heterocycles. The van der Waals surface area contributed by atoms with Gasteiger partial charge >= 0.3 is 0 Å². The minimum absolute atomic E-state index is 0.0192. The highest BCUT2D eigenvalue weighted by Gasteiger charge is 2.66. The number of aromatic amines is 1. The molecule has 1 aromatic heterocycles. The summed E-state index contributed by atoms with van der Waals surface area (Å²) in [6.07, 6.45) is 14.7. The second kappa shape index (κ2) is 7.79. The molecule has 0 radical (unpaired) electrons. The fourth-order valence-corrected chi connectivity index (χ4v) is 6.95. The maximum absolute atomic E-state index is 11.1. The van der Waals surface area contributed by atoms with Gasteiger partial charge in [0.05, 0.1) is 12.5 Å². The average molecular weight is 407 g/mol. The smallest absolute Gasteiger partial charge is 0.115 e. The molecule has 0 saturated heterocycles. The Kier molecular flexibility index (Phi) is 5.60. The van der Waals surface area contributed by atoms with Gasteiger partial charge in [0.2, 0.25) is 0 Å². The molecule has 162 valence electrons. The Morgan fingerprint density at radius 1 is 1.17 bits per heavy atom. The highest BCUT2D eigenvalue weighted by molar-refractivity contribution is 5.83. The van der Waals surface area contributed by atoms with Gasteiger partial charge in [-0.25, -0.2) is 0 Å². The number of hydrogen-bond acceptors (Lipinski definition) is 1. The number of benzene rings is 1. The lowest BCUT2D eigenvalue weighted by molar-refractivity contribution is -0.118. The molecule has 2 aliphatic carbocycles. The second-order valence-corrected chi connectivity index (χ2v) is 11.1. The van der Waals surface area contributed by atoms with Crippen LogP contribution in [0.1, 0.15) is 78.7 Å². The van der Waals surface area contributed by atoms with Crippen LogP contribution < -0.4 is 0 Å². The largest absolute Gasteiger partial charge is 0.393 e. The topological polar surface area (TPSA) is 36.0 Å². The first-order valence-corrected chi connectivity index (χ1v) is 11.9. The number of aromatic nitrogens is 1. The predicted molar refractivity (Wildman–Crippen MR) is 127 cm³/mol. The van der Waals surface area contributed by atoms with Crippen molar-refractivity contribution in [2.45, 2.75) is 85.7 Å². The summed E-state index contributed by atoms with van der Waals surface area (Å²) in [6, 6.07) is 8.62. The SMILES string of the molecule is CC(C)=CCC[C@]1(C)[C@@H](O)CC[C@@]2(C)[C@H]1CCC2(C)[CH+]Cc1c[nH]c2ccccc12. The van der Waals surface area contributed by atoms with Crippen molar-refractivity contribution in [1.29, 1.82) is 0 Å². The number of aliphatic hydroxyl groups excluding tert-OH is 1. The summed E-state index contributed by atoms with van der Waals surface area (Å²) in [4.78, 5) is 3.43. The Morgan fingerprint density at radius 2 is 1.93 bits per heavy atom. The van der Waals surface area contributed by atoms with Crippen LogP contribution in [-0.4, -0.2) is 16.2 Å². The standard InChI is InChI=1S/C28H40NO/c1-20(2)9-8-15-27(4)24-13-17-26(3,28(24,5)18-14-25(27)30)16-12-21-19-29-23-11-7-6-10-22(21)23/h6-7,9-11,16,19,24-25,29-30H,8,12-15,17-18H2,1-5H3/q+1/t24-,25-,26?,27-,28-/m0/s1. The van der Waals surface area contributed by atoms with Crippen molar-refractivity contribution in [2.75, 3.05) is 0 Å². The molecule has 5 atom stereocenters. The zero-order valence-corrected chi connectivity index (χ0v) is 19.6. The number of fused-ring (bicyclic) bond motifs is 2. The summed E-state index contributed by atoms with van der Waals surface area (Å²) < 4.78 is 0. The molecule has 1 unspecified atom stereocenters. The van der Waals surface area contributed by atoms with Gasteiger partial charge in [-0.3, -0.25) is 0 Å². The van der Waals surface area contributed by atoms with Crippen molar-refractivity contribution in [2.24, 2.45) is 22.2 Å². The molecule has 4 rings (SSSR count). The minimum atomic E-state index is -0.169. The van der Waals surface area contributed by atoms with E-state index < -0.39 is 0 Å². The van der Waals surface area contributed by atoms with Crippen LogP contribution in [0.4, 0.5) is 0 Å². The van der Waals surface area contributed by atoms with Gasteiger partial charge in [0.15, 0.2) is 0 Å². The lowest BCUT2D eigenvalue weighted by Gasteiger charge is -2.54. The molecule has 2 nitrogen and oxygen atoms in total. The van der Waals surface area contributed by atoms with Crippen LogP contribution in [-0.2, 0) is 6.42 Å².